The summed E-state index contributed by atoms with van der Waals surface area (Å²) in [6.45, 7) is 8.03. The van der Waals surface area contributed by atoms with Crippen molar-refractivity contribution in [2.24, 2.45) is 5.92 Å². The normalized spacial score (nSPS) is 10.9. The topological polar surface area (TPSA) is 71.0 Å². The summed E-state index contributed by atoms with van der Waals surface area (Å²) in [4.78, 5) is 28.4. The third kappa shape index (κ3) is 4.07. The highest BCUT2D eigenvalue weighted by Gasteiger charge is 2.18. The summed E-state index contributed by atoms with van der Waals surface area (Å²) >= 11 is 0. The van der Waals surface area contributed by atoms with Gasteiger partial charge in [0.05, 0.1) is 6.20 Å². The molecule has 0 fully saturated rings. The minimum Gasteiger partial charge on any atom is -0.333 e. The summed E-state index contributed by atoms with van der Waals surface area (Å²) in [6.07, 6.45) is 3.71. The third-order valence-corrected chi connectivity index (χ3v) is 3.26. The Kier molecular flexibility index (Phi) is 5.14. The number of aromatic amines is 1. The maximum Gasteiger partial charge on any atom is 0.270 e. The van der Waals surface area contributed by atoms with Gasteiger partial charge < -0.3 is 9.88 Å². The number of nitrogens with one attached hydrogen (secondary N) is 1. The van der Waals surface area contributed by atoms with E-state index in [0.29, 0.717) is 24.7 Å². The Labute approximate surface area is 129 Å². The van der Waals surface area contributed by atoms with Gasteiger partial charge in [0, 0.05) is 37.5 Å². The molecule has 2 rings (SSSR count). The Balaban J connectivity index is 2.21. The van der Waals surface area contributed by atoms with E-state index >= 15 is 0 Å². The average Bonchev–Trinajstić information content (AvgIpc) is 2.93. The molecule has 0 saturated heterocycles. The Morgan fingerprint density at radius 2 is 2.18 bits per heavy atom. The van der Waals surface area contributed by atoms with Crippen molar-refractivity contribution in [3.8, 4) is 0 Å². The summed E-state index contributed by atoms with van der Waals surface area (Å²) in [5.41, 5.74) is 1.03. The molecule has 0 atom stereocenters. The van der Waals surface area contributed by atoms with Crippen LogP contribution >= 0.6 is 0 Å². The molecule has 1 N–H and O–H groups in total. The Hall–Kier alpha value is -2.37. The average molecular weight is 302 g/mol. The third-order valence-electron chi connectivity index (χ3n) is 3.26. The fourth-order valence-corrected chi connectivity index (χ4v) is 2.28. The van der Waals surface area contributed by atoms with E-state index < -0.39 is 0 Å². The zero-order chi connectivity index (χ0) is 16.1. The van der Waals surface area contributed by atoms with Gasteiger partial charge in [-0.05, 0) is 18.9 Å². The molecule has 118 valence electrons. The zero-order valence-electron chi connectivity index (χ0n) is 13.2. The Bertz CT molecular complexity index is 687. The van der Waals surface area contributed by atoms with E-state index in [9.17, 15) is 9.59 Å². The summed E-state index contributed by atoms with van der Waals surface area (Å²) in [5.74, 6) is 0.163. The van der Waals surface area contributed by atoms with Crippen LogP contribution in [0.1, 0.15) is 36.8 Å². The standard InChI is InChI=1S/C16H22N4O2/c1-4-20-11-13(8-17-20)10-19(9-12(2)3)16(22)14-6-5-7-15(21)18-14/h5-8,11-12H,4,9-10H2,1-3H3,(H,18,21). The molecular formula is C16H22N4O2. The number of carbonyl (C=O) groups excluding carboxylic acids is 1. The number of carbonyl (C=O) groups is 1. The number of amides is 1. The van der Waals surface area contributed by atoms with Gasteiger partial charge in [0.1, 0.15) is 5.69 Å². The molecule has 0 aliphatic carbocycles. The molecule has 2 aromatic heterocycles. The van der Waals surface area contributed by atoms with Crippen LogP contribution in [0.3, 0.4) is 0 Å². The van der Waals surface area contributed by atoms with Crippen molar-refractivity contribution in [2.75, 3.05) is 6.54 Å². The van der Waals surface area contributed by atoms with E-state index in [1.54, 1.807) is 23.2 Å². The summed E-state index contributed by atoms with van der Waals surface area (Å²) in [5, 5.41) is 4.23. The van der Waals surface area contributed by atoms with Crippen LogP contribution in [0.25, 0.3) is 0 Å². The number of hydrogen-bond donors (Lipinski definition) is 1. The van der Waals surface area contributed by atoms with Gasteiger partial charge in [-0.3, -0.25) is 14.3 Å². The van der Waals surface area contributed by atoms with E-state index in [4.69, 9.17) is 0 Å². The lowest BCUT2D eigenvalue weighted by Gasteiger charge is -2.24. The van der Waals surface area contributed by atoms with Crippen LogP contribution in [0, 0.1) is 5.92 Å². The molecule has 1 amide bonds. The van der Waals surface area contributed by atoms with Gasteiger partial charge in [0.2, 0.25) is 5.56 Å². The van der Waals surface area contributed by atoms with Crippen molar-refractivity contribution < 1.29 is 4.79 Å². The van der Waals surface area contributed by atoms with Crippen molar-refractivity contribution >= 4 is 5.91 Å². The molecule has 0 bridgehead atoms. The molecule has 0 saturated carbocycles. The molecule has 0 radical (unpaired) electrons. The maximum absolute atomic E-state index is 12.6. The summed E-state index contributed by atoms with van der Waals surface area (Å²) in [7, 11) is 0. The van der Waals surface area contributed by atoms with Gasteiger partial charge >= 0.3 is 0 Å². The fraction of sp³-hybridized carbons (Fsp3) is 0.438. The summed E-state index contributed by atoms with van der Waals surface area (Å²) < 4.78 is 1.83. The molecule has 22 heavy (non-hydrogen) atoms. The van der Waals surface area contributed by atoms with Crippen molar-refractivity contribution in [3.05, 3.63) is 52.2 Å². The number of pyridine rings is 1. The van der Waals surface area contributed by atoms with E-state index in [1.807, 2.05) is 17.8 Å². The predicted molar refractivity (Wildman–Crippen MR) is 84.5 cm³/mol. The first kappa shape index (κ1) is 16.0. The molecule has 2 aromatic rings. The highest BCUT2D eigenvalue weighted by atomic mass is 16.2. The van der Waals surface area contributed by atoms with Crippen LogP contribution < -0.4 is 5.56 Å². The van der Waals surface area contributed by atoms with Gasteiger partial charge in [0.25, 0.3) is 5.91 Å². The van der Waals surface area contributed by atoms with E-state index in [1.165, 1.54) is 6.07 Å². The predicted octanol–water partition coefficient (Wildman–Crippen LogP) is 1.89. The lowest BCUT2D eigenvalue weighted by Crippen LogP contribution is -2.35. The number of aryl methyl sites for hydroxylation is 1. The van der Waals surface area contributed by atoms with E-state index in [2.05, 4.69) is 23.9 Å². The molecule has 0 aliphatic rings. The minimum atomic E-state index is -0.269. The van der Waals surface area contributed by atoms with Crippen molar-refractivity contribution in [1.29, 1.82) is 0 Å². The number of hydrogen-bond acceptors (Lipinski definition) is 3. The first-order chi connectivity index (χ1) is 10.5. The van der Waals surface area contributed by atoms with Crippen molar-refractivity contribution in [1.82, 2.24) is 19.7 Å². The molecule has 0 aliphatic heterocycles. The largest absolute Gasteiger partial charge is 0.333 e. The molecule has 0 spiro atoms. The smallest absolute Gasteiger partial charge is 0.270 e. The van der Waals surface area contributed by atoms with Crippen molar-refractivity contribution in [2.45, 2.75) is 33.9 Å². The van der Waals surface area contributed by atoms with Gasteiger partial charge in [-0.25, -0.2) is 0 Å². The maximum atomic E-state index is 12.6. The van der Waals surface area contributed by atoms with Crippen LogP contribution in [0.4, 0.5) is 0 Å². The lowest BCUT2D eigenvalue weighted by atomic mass is 10.2. The second kappa shape index (κ2) is 7.06. The lowest BCUT2D eigenvalue weighted by molar-refractivity contribution is 0.0716. The van der Waals surface area contributed by atoms with Crippen LogP contribution in [0.2, 0.25) is 0 Å². The molecular weight excluding hydrogens is 280 g/mol. The van der Waals surface area contributed by atoms with Gasteiger partial charge in [-0.15, -0.1) is 0 Å². The SMILES string of the molecule is CCn1cc(CN(CC(C)C)C(=O)c2cccc(=O)[nH]2)cn1. The van der Waals surface area contributed by atoms with Crippen LogP contribution in [0.5, 0.6) is 0 Å². The Morgan fingerprint density at radius 3 is 2.77 bits per heavy atom. The Morgan fingerprint density at radius 1 is 1.41 bits per heavy atom. The minimum absolute atomic E-state index is 0.171. The van der Waals surface area contributed by atoms with E-state index in [0.717, 1.165) is 12.1 Å². The van der Waals surface area contributed by atoms with Crippen molar-refractivity contribution in [3.63, 3.8) is 0 Å². The highest BCUT2D eigenvalue weighted by Crippen LogP contribution is 2.10. The van der Waals surface area contributed by atoms with Crippen LogP contribution in [-0.2, 0) is 13.1 Å². The van der Waals surface area contributed by atoms with Gasteiger partial charge in [-0.1, -0.05) is 19.9 Å². The highest BCUT2D eigenvalue weighted by molar-refractivity contribution is 5.92. The number of H-pyrrole nitrogens is 1. The number of aromatic nitrogens is 3. The second-order valence-electron chi connectivity index (χ2n) is 5.71. The monoisotopic (exact) mass is 302 g/mol. The molecule has 6 heteroatoms. The quantitative estimate of drug-likeness (QED) is 0.885. The fourth-order valence-electron chi connectivity index (χ4n) is 2.28. The molecule has 0 aromatic carbocycles. The number of nitrogens with zero attached hydrogens (tertiary/aromatic N) is 3. The first-order valence-corrected chi connectivity index (χ1v) is 7.49. The molecule has 2 heterocycles. The summed E-state index contributed by atoms with van der Waals surface area (Å²) in [6, 6.07) is 4.62. The first-order valence-electron chi connectivity index (χ1n) is 7.49. The molecule has 0 unspecified atom stereocenters. The van der Waals surface area contributed by atoms with Gasteiger partial charge in [-0.2, -0.15) is 5.10 Å². The van der Waals surface area contributed by atoms with Gasteiger partial charge in [0.15, 0.2) is 0 Å². The second-order valence-corrected chi connectivity index (χ2v) is 5.71. The van der Waals surface area contributed by atoms with Crippen LogP contribution in [0.15, 0.2) is 35.4 Å². The number of rotatable bonds is 6. The van der Waals surface area contributed by atoms with E-state index in [-0.39, 0.29) is 11.5 Å². The molecule has 6 nitrogen and oxygen atoms in total. The zero-order valence-corrected chi connectivity index (χ0v) is 13.2. The van der Waals surface area contributed by atoms with Crippen LogP contribution in [-0.4, -0.2) is 32.1 Å².